The second-order valence-corrected chi connectivity index (χ2v) is 5.40. The average molecular weight is 292 g/mol. The van der Waals surface area contributed by atoms with Crippen LogP contribution in [0.4, 0.5) is 4.39 Å². The summed E-state index contributed by atoms with van der Waals surface area (Å²) < 4.78 is 13.6. The van der Waals surface area contributed by atoms with Crippen molar-refractivity contribution in [1.29, 1.82) is 5.26 Å². The van der Waals surface area contributed by atoms with Crippen LogP contribution in [0.1, 0.15) is 16.7 Å². The van der Waals surface area contributed by atoms with Crippen molar-refractivity contribution in [3.63, 3.8) is 0 Å². The Kier molecular flexibility index (Phi) is 4.84. The van der Waals surface area contributed by atoms with Gasteiger partial charge in [-0.1, -0.05) is 29.8 Å². The fraction of sp³-hybridized carbons (Fsp3) is 0.133. The number of hydrogen-bond acceptors (Lipinski definition) is 2. The zero-order valence-electron chi connectivity index (χ0n) is 10.1. The summed E-state index contributed by atoms with van der Waals surface area (Å²) in [4.78, 5) is 0. The molecule has 0 saturated heterocycles. The first-order valence-corrected chi connectivity index (χ1v) is 7.23. The molecule has 2 rings (SSSR count). The van der Waals surface area contributed by atoms with Crippen LogP contribution in [-0.4, -0.2) is 0 Å². The Morgan fingerprint density at radius 3 is 2.68 bits per heavy atom. The molecule has 2 aromatic rings. The lowest BCUT2D eigenvalue weighted by Gasteiger charge is -2.06. The monoisotopic (exact) mass is 291 g/mol. The van der Waals surface area contributed by atoms with E-state index in [1.54, 1.807) is 30.0 Å². The predicted molar refractivity (Wildman–Crippen MR) is 77.6 cm³/mol. The summed E-state index contributed by atoms with van der Waals surface area (Å²) in [5.41, 5.74) is 2.23. The minimum absolute atomic E-state index is 0.272. The second-order valence-electron chi connectivity index (χ2n) is 4.01. The Balaban J connectivity index is 1.99. The maximum absolute atomic E-state index is 13.6. The lowest BCUT2D eigenvalue weighted by molar-refractivity contribution is 0.617. The van der Waals surface area contributed by atoms with Crippen molar-refractivity contribution in [1.82, 2.24) is 0 Å². The fourth-order valence-electron chi connectivity index (χ4n) is 1.67. The van der Waals surface area contributed by atoms with Crippen molar-refractivity contribution >= 4 is 23.4 Å². The van der Waals surface area contributed by atoms with Crippen molar-refractivity contribution in [3.05, 3.63) is 70.0 Å². The third-order valence-electron chi connectivity index (χ3n) is 2.63. The average Bonchev–Trinajstić information content (AvgIpc) is 2.42. The molecule has 0 bridgehead atoms. The van der Waals surface area contributed by atoms with Crippen molar-refractivity contribution in [3.8, 4) is 6.07 Å². The zero-order valence-corrected chi connectivity index (χ0v) is 11.6. The molecule has 0 aliphatic rings. The van der Waals surface area contributed by atoms with Gasteiger partial charge in [0.1, 0.15) is 5.82 Å². The molecule has 1 nitrogen and oxygen atoms in total. The van der Waals surface area contributed by atoms with Gasteiger partial charge in [-0.05, 0) is 29.8 Å². The summed E-state index contributed by atoms with van der Waals surface area (Å²) in [6, 6.07) is 14.2. The Hall–Kier alpha value is -1.50. The van der Waals surface area contributed by atoms with E-state index in [9.17, 15) is 4.39 Å². The van der Waals surface area contributed by atoms with E-state index in [1.807, 2.05) is 18.2 Å². The first-order valence-electron chi connectivity index (χ1n) is 5.70. The molecule has 0 aromatic heterocycles. The molecule has 0 N–H and O–H groups in total. The molecule has 19 heavy (non-hydrogen) atoms. The molecule has 0 atom stereocenters. The number of halogens is 2. The maximum Gasteiger partial charge on any atom is 0.128 e. The van der Waals surface area contributed by atoms with E-state index >= 15 is 0 Å². The van der Waals surface area contributed by atoms with Crippen molar-refractivity contribution < 1.29 is 4.39 Å². The molecule has 0 saturated carbocycles. The van der Waals surface area contributed by atoms with Gasteiger partial charge in [-0.3, -0.25) is 0 Å². The van der Waals surface area contributed by atoms with Crippen LogP contribution in [0.25, 0.3) is 0 Å². The molecule has 0 radical (unpaired) electrons. The van der Waals surface area contributed by atoms with Crippen molar-refractivity contribution in [2.24, 2.45) is 0 Å². The molecule has 0 fully saturated rings. The Morgan fingerprint density at radius 2 is 1.95 bits per heavy atom. The predicted octanol–water partition coefficient (Wildman–Crippen LogP) is 4.78. The number of nitrogens with zero attached hydrogens (tertiary/aromatic N) is 1. The van der Waals surface area contributed by atoms with Crippen LogP contribution in [0.5, 0.6) is 0 Å². The second kappa shape index (κ2) is 6.60. The van der Waals surface area contributed by atoms with E-state index in [2.05, 4.69) is 6.07 Å². The van der Waals surface area contributed by atoms with E-state index in [0.717, 1.165) is 11.3 Å². The topological polar surface area (TPSA) is 23.8 Å². The van der Waals surface area contributed by atoms with E-state index in [0.29, 0.717) is 21.9 Å². The largest absolute Gasteiger partial charge is 0.207 e. The standard InChI is InChI=1S/C15H11ClFNS/c16-14-5-2-6-15(17)13(14)10-19-9-12-4-1-3-11(7-12)8-18/h1-7H,9-10H2. The first-order chi connectivity index (χ1) is 9.20. The van der Waals surface area contributed by atoms with Crippen LogP contribution in [0.15, 0.2) is 42.5 Å². The molecule has 0 unspecified atom stereocenters. The lowest BCUT2D eigenvalue weighted by Crippen LogP contribution is -1.90. The SMILES string of the molecule is N#Cc1cccc(CSCc2c(F)cccc2Cl)c1. The van der Waals surface area contributed by atoms with Crippen LogP contribution in [0.2, 0.25) is 5.02 Å². The number of benzene rings is 2. The molecule has 0 heterocycles. The molecule has 0 aliphatic carbocycles. The molecular weight excluding hydrogens is 281 g/mol. The van der Waals surface area contributed by atoms with Gasteiger partial charge < -0.3 is 0 Å². The van der Waals surface area contributed by atoms with Gasteiger partial charge in [0.05, 0.1) is 11.6 Å². The van der Waals surface area contributed by atoms with Gasteiger partial charge in [-0.25, -0.2) is 4.39 Å². The molecule has 2 aromatic carbocycles. The van der Waals surface area contributed by atoms with Crippen molar-refractivity contribution in [2.45, 2.75) is 11.5 Å². The smallest absolute Gasteiger partial charge is 0.128 e. The highest BCUT2D eigenvalue weighted by Gasteiger charge is 2.06. The Morgan fingerprint density at radius 1 is 1.16 bits per heavy atom. The molecule has 0 spiro atoms. The summed E-state index contributed by atoms with van der Waals surface area (Å²) in [6.07, 6.45) is 0. The third kappa shape index (κ3) is 3.73. The van der Waals surface area contributed by atoms with Crippen LogP contribution in [0.3, 0.4) is 0 Å². The normalized spacial score (nSPS) is 10.2. The zero-order chi connectivity index (χ0) is 13.7. The first kappa shape index (κ1) is 13.9. The van der Waals surface area contributed by atoms with Gasteiger partial charge in [0.2, 0.25) is 0 Å². The highest BCUT2D eigenvalue weighted by molar-refractivity contribution is 7.97. The van der Waals surface area contributed by atoms with Gasteiger partial charge in [0.15, 0.2) is 0 Å². The van der Waals surface area contributed by atoms with Gasteiger partial charge >= 0.3 is 0 Å². The van der Waals surface area contributed by atoms with Crippen LogP contribution >= 0.6 is 23.4 Å². The molecule has 96 valence electrons. The third-order valence-corrected chi connectivity index (χ3v) is 4.02. The van der Waals surface area contributed by atoms with Crippen LogP contribution < -0.4 is 0 Å². The summed E-state index contributed by atoms with van der Waals surface area (Å²) in [7, 11) is 0. The highest BCUT2D eigenvalue weighted by atomic mass is 35.5. The van der Waals surface area contributed by atoms with Gasteiger partial charge in [0.25, 0.3) is 0 Å². The van der Waals surface area contributed by atoms with E-state index in [-0.39, 0.29) is 5.82 Å². The van der Waals surface area contributed by atoms with Crippen LogP contribution in [-0.2, 0) is 11.5 Å². The van der Waals surface area contributed by atoms with Crippen molar-refractivity contribution in [2.75, 3.05) is 0 Å². The fourth-order valence-corrected chi connectivity index (χ4v) is 3.00. The Bertz CT molecular complexity index is 602. The van der Waals surface area contributed by atoms with E-state index in [1.165, 1.54) is 6.07 Å². The summed E-state index contributed by atoms with van der Waals surface area (Å²) in [6.45, 7) is 0. The molecule has 0 aliphatic heterocycles. The highest BCUT2D eigenvalue weighted by Crippen LogP contribution is 2.25. The Labute approximate surface area is 121 Å². The quantitative estimate of drug-likeness (QED) is 0.809. The number of hydrogen-bond donors (Lipinski definition) is 0. The van der Waals surface area contributed by atoms with Gasteiger partial charge in [0, 0.05) is 22.1 Å². The summed E-state index contributed by atoms with van der Waals surface area (Å²) in [5.74, 6) is 0.966. The minimum Gasteiger partial charge on any atom is -0.207 e. The van der Waals surface area contributed by atoms with Crippen LogP contribution in [0, 0.1) is 17.1 Å². The minimum atomic E-state index is -0.272. The van der Waals surface area contributed by atoms with E-state index in [4.69, 9.17) is 16.9 Å². The van der Waals surface area contributed by atoms with Gasteiger partial charge in [-0.2, -0.15) is 17.0 Å². The lowest BCUT2D eigenvalue weighted by atomic mass is 10.2. The molecular formula is C15H11ClFNS. The van der Waals surface area contributed by atoms with E-state index < -0.39 is 0 Å². The number of nitriles is 1. The number of rotatable bonds is 4. The van der Waals surface area contributed by atoms with Gasteiger partial charge in [-0.15, -0.1) is 0 Å². The molecule has 0 amide bonds. The summed E-state index contributed by atoms with van der Waals surface area (Å²) >= 11 is 7.54. The number of thioether (sulfide) groups is 1. The summed E-state index contributed by atoms with van der Waals surface area (Å²) in [5, 5.41) is 9.27. The molecule has 4 heteroatoms. The maximum atomic E-state index is 13.6.